The number of phenolic OH excluding ortho intramolecular Hbond substituents is 1. The Hall–Kier alpha value is -2.21. The summed E-state index contributed by atoms with van der Waals surface area (Å²) >= 11 is 0. The molecule has 10 nitrogen and oxygen atoms in total. The minimum atomic E-state index is -1.60. The van der Waals surface area contributed by atoms with Gasteiger partial charge in [-0.05, 0) is 12.1 Å². The minimum absolute atomic E-state index is 0. The molecule has 1 aliphatic rings. The molecule has 1 aromatic heterocycles. The summed E-state index contributed by atoms with van der Waals surface area (Å²) in [5.41, 5.74) is -0.439. The topological polar surface area (TPSA) is 181 Å². The van der Waals surface area contributed by atoms with Crippen molar-refractivity contribution in [1.29, 1.82) is 0 Å². The number of hydrogen-bond acceptors (Lipinski definition) is 9. The molecule has 1 aliphatic heterocycles. The molecule has 3 rings (SSSR count). The number of ether oxygens (including phenoxy) is 2. The third-order valence-electron chi connectivity index (χ3n) is 3.79. The molecule has 2 aromatic rings. The molecule has 10 heteroatoms. The molecule has 1 fully saturated rings. The first-order valence-corrected chi connectivity index (χ1v) is 7.15. The maximum Gasteiger partial charge on any atom is 0.336 e. The molecule has 1 aromatic carbocycles. The Morgan fingerprint density at radius 1 is 1.08 bits per heavy atom. The number of aliphatic hydroxyl groups excluding tert-OH is 4. The summed E-state index contributed by atoms with van der Waals surface area (Å²) in [7, 11) is 0. The van der Waals surface area contributed by atoms with Crippen LogP contribution in [0.2, 0.25) is 0 Å². The highest BCUT2D eigenvalue weighted by molar-refractivity contribution is 5.80. The predicted molar refractivity (Wildman–Crippen MR) is 82.2 cm³/mol. The Morgan fingerprint density at radius 3 is 2.48 bits per heavy atom. The van der Waals surface area contributed by atoms with Crippen LogP contribution in [0.3, 0.4) is 0 Å². The molecule has 0 unspecified atom stereocenters. The van der Waals surface area contributed by atoms with Gasteiger partial charge in [-0.2, -0.15) is 0 Å². The number of rotatable bonds is 3. The highest BCUT2D eigenvalue weighted by atomic mass is 16.7. The minimum Gasteiger partial charge on any atom is -0.504 e. The zero-order valence-corrected chi connectivity index (χ0v) is 12.8. The van der Waals surface area contributed by atoms with Gasteiger partial charge in [-0.1, -0.05) is 0 Å². The van der Waals surface area contributed by atoms with Gasteiger partial charge in [0.15, 0.2) is 11.5 Å². The average Bonchev–Trinajstić information content (AvgIpc) is 2.56. The zero-order valence-electron chi connectivity index (χ0n) is 12.8. The summed E-state index contributed by atoms with van der Waals surface area (Å²) < 4.78 is 15.5. The highest BCUT2D eigenvalue weighted by Crippen LogP contribution is 2.33. The Kier molecular flexibility index (Phi) is 5.62. The summed E-state index contributed by atoms with van der Waals surface area (Å²) in [4.78, 5) is 11.2. The van der Waals surface area contributed by atoms with Gasteiger partial charge in [-0.25, -0.2) is 4.79 Å². The number of fused-ring (bicyclic) bond motifs is 1. The maximum atomic E-state index is 11.2. The van der Waals surface area contributed by atoms with Crippen molar-refractivity contribution in [2.45, 2.75) is 30.7 Å². The summed E-state index contributed by atoms with van der Waals surface area (Å²) in [6, 6.07) is 5.17. The van der Waals surface area contributed by atoms with Gasteiger partial charge in [-0.3, -0.25) is 0 Å². The first kappa shape index (κ1) is 19.1. The van der Waals surface area contributed by atoms with E-state index in [9.17, 15) is 25.2 Å². The molecule has 0 radical (unpaired) electrons. The average molecular weight is 358 g/mol. The lowest BCUT2D eigenvalue weighted by molar-refractivity contribution is -0.277. The van der Waals surface area contributed by atoms with Gasteiger partial charge >= 0.3 is 5.63 Å². The Morgan fingerprint density at radius 2 is 1.80 bits per heavy atom. The van der Waals surface area contributed by atoms with E-state index in [0.29, 0.717) is 5.39 Å². The molecule has 25 heavy (non-hydrogen) atoms. The summed E-state index contributed by atoms with van der Waals surface area (Å²) in [5, 5.41) is 49.0. The van der Waals surface area contributed by atoms with Gasteiger partial charge in [0.1, 0.15) is 30.0 Å². The van der Waals surface area contributed by atoms with E-state index in [1.54, 1.807) is 0 Å². The molecule has 0 bridgehead atoms. The Bertz CT molecular complexity index is 785. The molecule has 0 spiro atoms. The van der Waals surface area contributed by atoms with Crippen molar-refractivity contribution in [1.82, 2.24) is 0 Å². The fraction of sp³-hybridized carbons (Fsp3) is 0.400. The number of benzene rings is 1. The number of aromatic hydroxyl groups is 1. The van der Waals surface area contributed by atoms with Crippen LogP contribution < -0.4 is 10.4 Å². The van der Waals surface area contributed by atoms with Crippen molar-refractivity contribution in [2.24, 2.45) is 0 Å². The largest absolute Gasteiger partial charge is 0.504 e. The maximum absolute atomic E-state index is 11.2. The molecular weight excluding hydrogens is 340 g/mol. The molecule has 0 aliphatic carbocycles. The highest BCUT2D eigenvalue weighted by Gasteiger charge is 2.44. The van der Waals surface area contributed by atoms with Crippen molar-refractivity contribution < 1.29 is 44.9 Å². The molecule has 1 saturated heterocycles. The quantitative estimate of drug-likeness (QED) is 0.382. The predicted octanol–water partition coefficient (Wildman–Crippen LogP) is -2.15. The third-order valence-corrected chi connectivity index (χ3v) is 3.79. The second-order valence-electron chi connectivity index (χ2n) is 5.43. The van der Waals surface area contributed by atoms with Crippen LogP contribution in [0.1, 0.15) is 0 Å². The molecule has 5 atom stereocenters. The van der Waals surface area contributed by atoms with Crippen molar-refractivity contribution in [3.63, 3.8) is 0 Å². The monoisotopic (exact) mass is 358 g/mol. The van der Waals surface area contributed by atoms with E-state index in [-0.39, 0.29) is 22.6 Å². The van der Waals surface area contributed by atoms with Gasteiger partial charge in [0.2, 0.25) is 6.29 Å². The van der Waals surface area contributed by atoms with E-state index in [4.69, 9.17) is 19.0 Å². The van der Waals surface area contributed by atoms with Crippen LogP contribution in [0.5, 0.6) is 11.5 Å². The van der Waals surface area contributed by atoms with Crippen molar-refractivity contribution >= 4 is 11.0 Å². The van der Waals surface area contributed by atoms with E-state index in [1.807, 2.05) is 0 Å². The van der Waals surface area contributed by atoms with E-state index in [2.05, 4.69) is 0 Å². The fourth-order valence-corrected chi connectivity index (χ4v) is 2.47. The number of hydrogen-bond donors (Lipinski definition) is 5. The van der Waals surface area contributed by atoms with Crippen LogP contribution in [0, 0.1) is 0 Å². The molecule has 2 heterocycles. The summed E-state index contributed by atoms with van der Waals surface area (Å²) in [6.45, 7) is -0.598. The normalized spacial score (nSPS) is 29.2. The molecule has 7 N–H and O–H groups in total. The van der Waals surface area contributed by atoms with E-state index in [0.717, 1.165) is 6.07 Å². The van der Waals surface area contributed by atoms with Crippen LogP contribution in [0.15, 0.2) is 33.5 Å². The second kappa shape index (κ2) is 7.35. The van der Waals surface area contributed by atoms with Crippen LogP contribution in [-0.2, 0) is 4.74 Å². The fourth-order valence-electron chi connectivity index (χ4n) is 2.47. The van der Waals surface area contributed by atoms with Gasteiger partial charge < -0.3 is 44.9 Å². The van der Waals surface area contributed by atoms with Crippen LogP contribution in [-0.4, -0.2) is 68.3 Å². The van der Waals surface area contributed by atoms with E-state index >= 15 is 0 Å². The Labute approximate surface area is 140 Å². The van der Waals surface area contributed by atoms with Gasteiger partial charge in [0.05, 0.1) is 6.61 Å². The van der Waals surface area contributed by atoms with E-state index in [1.165, 1.54) is 18.2 Å². The van der Waals surface area contributed by atoms with Crippen molar-refractivity contribution in [3.05, 3.63) is 34.7 Å². The lowest BCUT2D eigenvalue weighted by atomic mass is 9.99. The molecular formula is C15H18O10. The molecule has 0 saturated carbocycles. The van der Waals surface area contributed by atoms with Crippen LogP contribution in [0.25, 0.3) is 11.0 Å². The Balaban J connectivity index is 0.00000225. The summed E-state index contributed by atoms with van der Waals surface area (Å²) in [5.74, 6) is -0.477. The first-order chi connectivity index (χ1) is 11.4. The summed E-state index contributed by atoms with van der Waals surface area (Å²) in [6.07, 6.45) is -7.27. The SMILES string of the molecule is O.O=c1ccc2cc(O[C@@H]3O[C@H](CO)[C@@H](O)[C@@H](O)[C@H]3O)c(O)cc2o1. The van der Waals surface area contributed by atoms with Gasteiger partial charge in [-0.15, -0.1) is 0 Å². The second-order valence-corrected chi connectivity index (χ2v) is 5.43. The first-order valence-electron chi connectivity index (χ1n) is 7.15. The van der Waals surface area contributed by atoms with E-state index < -0.39 is 42.9 Å². The van der Waals surface area contributed by atoms with Gasteiger partial charge in [0.25, 0.3) is 0 Å². The number of aliphatic hydroxyl groups is 4. The lowest BCUT2D eigenvalue weighted by Gasteiger charge is -2.39. The van der Waals surface area contributed by atoms with Gasteiger partial charge in [0, 0.05) is 17.5 Å². The van der Waals surface area contributed by atoms with Crippen LogP contribution >= 0.6 is 0 Å². The van der Waals surface area contributed by atoms with Crippen LogP contribution in [0.4, 0.5) is 0 Å². The van der Waals surface area contributed by atoms with Crippen molar-refractivity contribution in [2.75, 3.05) is 6.61 Å². The smallest absolute Gasteiger partial charge is 0.336 e. The molecule has 0 amide bonds. The van der Waals surface area contributed by atoms with Crippen molar-refractivity contribution in [3.8, 4) is 11.5 Å². The zero-order chi connectivity index (χ0) is 17.4. The molecule has 138 valence electrons. The standard InChI is InChI=1S/C15H16O9.H2O/c16-5-10-12(19)13(20)14(21)15(24-10)23-9-3-6-1-2-11(18)22-8(6)4-7(9)17;/h1-4,10,12-17,19-21H,5H2;1H2/t10-,12-,13-,14-,15-;/m1./s1. The lowest BCUT2D eigenvalue weighted by Crippen LogP contribution is -2.60. The third kappa shape index (κ3) is 3.58. The number of phenols is 1.